The Hall–Kier alpha value is -3.97. The third-order valence-electron chi connectivity index (χ3n) is 5.09. The number of aliphatic hydroxyl groups is 2. The molecule has 176 valence electrons. The van der Waals surface area contributed by atoms with Gasteiger partial charge in [-0.2, -0.15) is 0 Å². The minimum absolute atomic E-state index is 0.0707. The Morgan fingerprint density at radius 2 is 1.71 bits per heavy atom. The van der Waals surface area contributed by atoms with E-state index in [1.165, 1.54) is 36.4 Å². The van der Waals surface area contributed by atoms with Crippen LogP contribution in [0.2, 0.25) is 0 Å². The van der Waals surface area contributed by atoms with Crippen LogP contribution in [0.3, 0.4) is 0 Å². The number of rotatable bonds is 10. The molecule has 0 bridgehead atoms. The van der Waals surface area contributed by atoms with E-state index in [9.17, 15) is 29.8 Å². The molecule has 0 aliphatic heterocycles. The summed E-state index contributed by atoms with van der Waals surface area (Å²) in [4.78, 5) is 10.3. The zero-order chi connectivity index (χ0) is 24.5. The van der Waals surface area contributed by atoms with Crippen molar-refractivity contribution in [3.63, 3.8) is 0 Å². The smallest absolute Gasteiger partial charge is 0.269 e. The number of aromatic hydroxyl groups is 1. The molecule has 3 aromatic rings. The van der Waals surface area contributed by atoms with E-state index >= 15 is 0 Å². The van der Waals surface area contributed by atoms with Crippen LogP contribution >= 0.6 is 0 Å². The maximum atomic E-state index is 13.6. The van der Waals surface area contributed by atoms with Crippen molar-refractivity contribution in [2.45, 2.75) is 25.0 Å². The number of para-hydroxylation sites is 1. The molecular formula is C26H24FNO6. The monoisotopic (exact) mass is 465 g/mol. The molecule has 0 aliphatic carbocycles. The molecule has 0 unspecified atom stereocenters. The van der Waals surface area contributed by atoms with Crippen molar-refractivity contribution < 1.29 is 29.4 Å². The van der Waals surface area contributed by atoms with Crippen molar-refractivity contribution in [1.29, 1.82) is 0 Å². The summed E-state index contributed by atoms with van der Waals surface area (Å²) in [5.41, 5.74) is 4.38. The van der Waals surface area contributed by atoms with Crippen molar-refractivity contribution in [3.8, 4) is 11.5 Å². The van der Waals surface area contributed by atoms with E-state index in [0.29, 0.717) is 22.4 Å². The summed E-state index contributed by atoms with van der Waals surface area (Å²) < 4.78 is 19.3. The highest BCUT2D eigenvalue weighted by Gasteiger charge is 2.14. The average Bonchev–Trinajstić information content (AvgIpc) is 2.84. The van der Waals surface area contributed by atoms with Gasteiger partial charge in [0.05, 0.1) is 17.1 Å². The predicted octanol–water partition coefficient (Wildman–Crippen LogP) is 5.15. The van der Waals surface area contributed by atoms with Crippen molar-refractivity contribution in [1.82, 2.24) is 0 Å². The van der Waals surface area contributed by atoms with Crippen molar-refractivity contribution in [3.05, 3.63) is 117 Å². The summed E-state index contributed by atoms with van der Waals surface area (Å²) in [6.07, 6.45) is -0.134. The van der Waals surface area contributed by atoms with Crippen LogP contribution in [0.1, 0.15) is 36.2 Å². The molecule has 0 spiro atoms. The second kappa shape index (κ2) is 11.8. The molecule has 7 nitrogen and oxygen atoms in total. The van der Waals surface area contributed by atoms with Crippen LogP contribution in [0, 0.1) is 15.9 Å². The Balaban J connectivity index is 1.75. The molecule has 0 radical (unpaired) electrons. The number of nitro groups is 1. The van der Waals surface area contributed by atoms with Gasteiger partial charge in [0.2, 0.25) is 0 Å². The van der Waals surface area contributed by atoms with E-state index < -0.39 is 28.7 Å². The molecule has 3 aromatic carbocycles. The van der Waals surface area contributed by atoms with Crippen LogP contribution in [0.5, 0.6) is 11.5 Å². The summed E-state index contributed by atoms with van der Waals surface area (Å²) in [5, 5.41) is 41.1. The van der Waals surface area contributed by atoms with Gasteiger partial charge < -0.3 is 20.1 Å². The first-order valence-electron chi connectivity index (χ1n) is 10.5. The largest absolute Gasteiger partial charge is 0.505 e. The highest BCUT2D eigenvalue weighted by molar-refractivity contribution is 5.34. The van der Waals surface area contributed by atoms with Crippen LogP contribution in [-0.2, 0) is 0 Å². The molecule has 3 N–H and O–H groups in total. The quantitative estimate of drug-likeness (QED) is 0.217. The predicted molar refractivity (Wildman–Crippen MR) is 124 cm³/mol. The molecule has 34 heavy (non-hydrogen) atoms. The van der Waals surface area contributed by atoms with Gasteiger partial charge in [0.15, 0.2) is 11.6 Å². The summed E-state index contributed by atoms with van der Waals surface area (Å²) >= 11 is 0. The number of non-ortho nitro benzene ring substituents is 1. The van der Waals surface area contributed by atoms with Gasteiger partial charge in [0.25, 0.3) is 5.69 Å². The van der Waals surface area contributed by atoms with Crippen molar-refractivity contribution >= 4 is 5.69 Å². The molecule has 0 fully saturated rings. The zero-order valence-electron chi connectivity index (χ0n) is 18.2. The molecule has 8 heteroatoms. The van der Waals surface area contributed by atoms with Gasteiger partial charge in [-0.25, -0.2) is 4.39 Å². The highest BCUT2D eigenvalue weighted by atomic mass is 19.1. The minimum atomic E-state index is -1.02. The van der Waals surface area contributed by atoms with Crippen molar-refractivity contribution in [2.24, 2.45) is 0 Å². The van der Waals surface area contributed by atoms with Crippen LogP contribution in [0.25, 0.3) is 0 Å². The second-order valence-corrected chi connectivity index (χ2v) is 7.58. The second-order valence-electron chi connectivity index (χ2n) is 7.58. The lowest BCUT2D eigenvalue weighted by atomic mass is 10.0. The third kappa shape index (κ3) is 7.02. The zero-order valence-corrected chi connectivity index (χ0v) is 18.2. The molecule has 0 aliphatic rings. The lowest BCUT2D eigenvalue weighted by Crippen LogP contribution is -2.06. The van der Waals surface area contributed by atoms with Crippen LogP contribution in [-0.4, -0.2) is 26.8 Å². The summed E-state index contributed by atoms with van der Waals surface area (Å²) in [7, 11) is 0. The lowest BCUT2D eigenvalue weighted by molar-refractivity contribution is -0.384. The Morgan fingerprint density at radius 3 is 2.35 bits per heavy atom. The van der Waals surface area contributed by atoms with Gasteiger partial charge in [0, 0.05) is 30.5 Å². The van der Waals surface area contributed by atoms with Gasteiger partial charge in [-0.05, 0) is 53.6 Å². The van der Waals surface area contributed by atoms with E-state index in [-0.39, 0.29) is 25.1 Å². The van der Waals surface area contributed by atoms with Gasteiger partial charge >= 0.3 is 0 Å². The van der Waals surface area contributed by atoms with E-state index in [2.05, 4.69) is 5.73 Å². The molecule has 2 atom stereocenters. The van der Waals surface area contributed by atoms with Crippen LogP contribution in [0.15, 0.2) is 90.2 Å². The normalized spacial score (nSPS) is 12.3. The number of hydrogen-bond donors (Lipinski definition) is 3. The van der Waals surface area contributed by atoms with Gasteiger partial charge in [0.1, 0.15) is 12.4 Å². The standard InChI is InChI=1S/C26H24FNO6/c27-23-16-20(11-14-25(23)30)24(29)8-4-5-18(17-34-22-6-2-1-3-7-22)15-26(31)19-9-12-21(13-10-19)28(32)33/h1-4,6-7,9-14,16,24,26,29-31H,8,15,17H2/t5?,24-,26-/m1/s1. The van der Waals surface area contributed by atoms with Crippen LogP contribution in [0.4, 0.5) is 10.1 Å². The molecule has 3 rings (SSSR count). The van der Waals surface area contributed by atoms with E-state index in [0.717, 1.165) is 6.07 Å². The Kier molecular flexibility index (Phi) is 8.54. The molecular weight excluding hydrogens is 441 g/mol. The lowest BCUT2D eigenvalue weighted by Gasteiger charge is -2.14. The van der Waals surface area contributed by atoms with E-state index in [1.807, 2.05) is 18.2 Å². The minimum Gasteiger partial charge on any atom is -0.505 e. The number of nitrogens with zero attached hydrogens (tertiary/aromatic N) is 1. The maximum Gasteiger partial charge on any atom is 0.269 e. The van der Waals surface area contributed by atoms with Gasteiger partial charge in [-0.15, -0.1) is 5.73 Å². The van der Waals surface area contributed by atoms with Gasteiger partial charge in [-0.3, -0.25) is 10.1 Å². The topological polar surface area (TPSA) is 113 Å². The molecule has 0 aromatic heterocycles. The summed E-state index contributed by atoms with van der Waals surface area (Å²) in [5.74, 6) is -0.683. The average molecular weight is 465 g/mol. The fraction of sp³-hybridized carbons (Fsp3) is 0.192. The first kappa shape index (κ1) is 24.7. The Bertz CT molecular complexity index is 1170. The number of aliphatic hydroxyl groups excluding tert-OH is 2. The fourth-order valence-electron chi connectivity index (χ4n) is 3.20. The summed E-state index contributed by atoms with van der Waals surface area (Å²) in [6.45, 7) is 0.120. The van der Waals surface area contributed by atoms with Crippen LogP contribution < -0.4 is 4.74 Å². The number of phenolic OH excluding ortho intramolecular Hbond substituents is 1. The summed E-state index contributed by atoms with van der Waals surface area (Å²) in [6, 6.07) is 18.4. The molecule has 0 saturated carbocycles. The number of phenols is 1. The number of hydrogen-bond acceptors (Lipinski definition) is 6. The Labute approximate surface area is 195 Å². The number of halogens is 1. The SMILES string of the molecule is O=[N+]([O-])c1ccc([C@H](O)CC(=C=CC[C@@H](O)c2ccc(O)c(F)c2)COc2ccccc2)cc1. The van der Waals surface area contributed by atoms with E-state index in [4.69, 9.17) is 4.74 Å². The number of ether oxygens (including phenoxy) is 1. The van der Waals surface area contributed by atoms with E-state index in [1.54, 1.807) is 18.2 Å². The number of nitro benzene ring substituents is 1. The molecule has 0 amide bonds. The number of benzene rings is 3. The Morgan fingerprint density at radius 1 is 1.03 bits per heavy atom. The maximum absolute atomic E-state index is 13.6. The molecule has 0 heterocycles. The highest BCUT2D eigenvalue weighted by Crippen LogP contribution is 2.25. The third-order valence-corrected chi connectivity index (χ3v) is 5.09. The first-order chi connectivity index (χ1) is 16.3. The fourth-order valence-corrected chi connectivity index (χ4v) is 3.20. The first-order valence-corrected chi connectivity index (χ1v) is 10.5. The molecule has 0 saturated heterocycles. The van der Waals surface area contributed by atoms with Crippen molar-refractivity contribution in [2.75, 3.05) is 6.61 Å². The van der Waals surface area contributed by atoms with Gasteiger partial charge in [-0.1, -0.05) is 24.3 Å².